The van der Waals surface area contributed by atoms with Crippen LogP contribution in [0.15, 0.2) is 0 Å². The first-order valence-electron chi connectivity index (χ1n) is 5.91. The van der Waals surface area contributed by atoms with E-state index in [2.05, 4.69) is 24.2 Å². The Morgan fingerprint density at radius 1 is 1.40 bits per heavy atom. The van der Waals surface area contributed by atoms with Gasteiger partial charge >= 0.3 is 0 Å². The molecule has 1 amide bonds. The molecule has 2 rings (SSSR count). The lowest BCUT2D eigenvalue weighted by molar-refractivity contribution is -0.137. The fourth-order valence-corrected chi connectivity index (χ4v) is 2.56. The Morgan fingerprint density at radius 3 is 2.80 bits per heavy atom. The summed E-state index contributed by atoms with van der Waals surface area (Å²) in [6, 6.07) is 0.453. The molecule has 0 aromatic rings. The molecule has 4 heteroatoms. The Labute approximate surface area is 91.6 Å². The zero-order valence-corrected chi connectivity index (χ0v) is 9.70. The van der Waals surface area contributed by atoms with Gasteiger partial charge in [0.2, 0.25) is 5.91 Å². The van der Waals surface area contributed by atoms with Crippen molar-refractivity contribution in [1.29, 1.82) is 0 Å². The summed E-state index contributed by atoms with van der Waals surface area (Å²) >= 11 is 0. The van der Waals surface area contributed by atoms with Crippen molar-refractivity contribution in [2.24, 2.45) is 0 Å². The molecule has 0 saturated carbocycles. The third-order valence-electron chi connectivity index (χ3n) is 3.47. The SMILES string of the molecule is CC1CN(C)CCN1C(=O)C1CCCN1. The van der Waals surface area contributed by atoms with Gasteiger partial charge in [-0.3, -0.25) is 4.79 Å². The van der Waals surface area contributed by atoms with Gasteiger partial charge in [0.15, 0.2) is 0 Å². The number of piperazine rings is 1. The van der Waals surface area contributed by atoms with Gasteiger partial charge in [0.05, 0.1) is 6.04 Å². The number of hydrogen-bond acceptors (Lipinski definition) is 3. The summed E-state index contributed by atoms with van der Waals surface area (Å²) in [6.45, 7) is 6.02. The van der Waals surface area contributed by atoms with Gasteiger partial charge in [-0.2, -0.15) is 0 Å². The Kier molecular flexibility index (Phi) is 3.26. The van der Waals surface area contributed by atoms with Gasteiger partial charge in [-0.25, -0.2) is 0 Å². The summed E-state index contributed by atoms with van der Waals surface area (Å²) in [4.78, 5) is 16.5. The molecule has 0 spiro atoms. The molecule has 2 aliphatic heterocycles. The second kappa shape index (κ2) is 4.49. The number of nitrogens with zero attached hydrogens (tertiary/aromatic N) is 2. The first-order valence-corrected chi connectivity index (χ1v) is 5.91. The zero-order chi connectivity index (χ0) is 10.8. The van der Waals surface area contributed by atoms with Crippen molar-refractivity contribution >= 4 is 5.91 Å². The molecule has 15 heavy (non-hydrogen) atoms. The van der Waals surface area contributed by atoms with E-state index in [1.54, 1.807) is 0 Å². The van der Waals surface area contributed by atoms with Crippen LogP contribution in [0.3, 0.4) is 0 Å². The van der Waals surface area contributed by atoms with Crippen LogP contribution >= 0.6 is 0 Å². The van der Waals surface area contributed by atoms with E-state index >= 15 is 0 Å². The summed E-state index contributed by atoms with van der Waals surface area (Å²) in [7, 11) is 2.12. The van der Waals surface area contributed by atoms with Crippen molar-refractivity contribution in [2.45, 2.75) is 31.8 Å². The van der Waals surface area contributed by atoms with E-state index < -0.39 is 0 Å². The molecule has 2 unspecified atom stereocenters. The number of likely N-dealkylation sites (N-methyl/N-ethyl adjacent to an activating group) is 1. The van der Waals surface area contributed by atoms with Crippen LogP contribution < -0.4 is 5.32 Å². The molecular formula is C11H21N3O. The highest BCUT2D eigenvalue weighted by Crippen LogP contribution is 2.14. The van der Waals surface area contributed by atoms with Gasteiger partial charge < -0.3 is 15.1 Å². The van der Waals surface area contributed by atoms with Gasteiger partial charge in [-0.05, 0) is 33.4 Å². The second-order valence-electron chi connectivity index (χ2n) is 4.79. The number of carbonyl (C=O) groups is 1. The lowest BCUT2D eigenvalue weighted by Crippen LogP contribution is -2.56. The number of amides is 1. The summed E-state index contributed by atoms with van der Waals surface area (Å²) in [5.41, 5.74) is 0. The number of rotatable bonds is 1. The Bertz CT molecular complexity index is 238. The van der Waals surface area contributed by atoms with Gasteiger partial charge in [-0.1, -0.05) is 0 Å². The Morgan fingerprint density at radius 2 is 2.20 bits per heavy atom. The molecule has 2 atom stereocenters. The van der Waals surface area contributed by atoms with Gasteiger partial charge in [0.1, 0.15) is 0 Å². The first-order chi connectivity index (χ1) is 7.18. The monoisotopic (exact) mass is 211 g/mol. The number of hydrogen-bond donors (Lipinski definition) is 1. The van der Waals surface area contributed by atoms with Crippen LogP contribution in [0.25, 0.3) is 0 Å². The third-order valence-corrected chi connectivity index (χ3v) is 3.47. The van der Waals surface area contributed by atoms with Gasteiger partial charge in [0, 0.05) is 25.7 Å². The summed E-state index contributed by atoms with van der Waals surface area (Å²) in [5, 5.41) is 3.28. The van der Waals surface area contributed by atoms with Crippen LogP contribution in [0, 0.1) is 0 Å². The Balaban J connectivity index is 1.94. The fourth-order valence-electron chi connectivity index (χ4n) is 2.56. The van der Waals surface area contributed by atoms with E-state index in [9.17, 15) is 4.79 Å². The summed E-state index contributed by atoms with van der Waals surface area (Å²) in [5.74, 6) is 0.313. The molecule has 1 N–H and O–H groups in total. The van der Waals surface area contributed by atoms with Crippen molar-refractivity contribution in [3.8, 4) is 0 Å². The molecule has 0 bridgehead atoms. The van der Waals surface area contributed by atoms with E-state index in [1.807, 2.05) is 4.90 Å². The summed E-state index contributed by atoms with van der Waals surface area (Å²) < 4.78 is 0. The Hall–Kier alpha value is -0.610. The van der Waals surface area contributed by atoms with Crippen molar-refractivity contribution in [3.63, 3.8) is 0 Å². The average molecular weight is 211 g/mol. The third kappa shape index (κ3) is 2.32. The maximum Gasteiger partial charge on any atom is 0.240 e. The van der Waals surface area contributed by atoms with E-state index in [1.165, 1.54) is 0 Å². The number of nitrogens with one attached hydrogen (secondary N) is 1. The van der Waals surface area contributed by atoms with Gasteiger partial charge in [-0.15, -0.1) is 0 Å². The van der Waals surface area contributed by atoms with Crippen LogP contribution in [0.4, 0.5) is 0 Å². The van der Waals surface area contributed by atoms with Crippen molar-refractivity contribution in [2.75, 3.05) is 33.2 Å². The van der Waals surface area contributed by atoms with E-state index in [-0.39, 0.29) is 6.04 Å². The maximum absolute atomic E-state index is 12.2. The second-order valence-corrected chi connectivity index (χ2v) is 4.79. The maximum atomic E-state index is 12.2. The van der Waals surface area contributed by atoms with Crippen LogP contribution in [0.5, 0.6) is 0 Å². The first kappa shape index (κ1) is 10.9. The van der Waals surface area contributed by atoms with Crippen LogP contribution in [0.1, 0.15) is 19.8 Å². The van der Waals surface area contributed by atoms with E-state index in [4.69, 9.17) is 0 Å². The highest BCUT2D eigenvalue weighted by Gasteiger charge is 2.31. The summed E-state index contributed by atoms with van der Waals surface area (Å²) in [6.07, 6.45) is 2.15. The van der Waals surface area contributed by atoms with Gasteiger partial charge in [0.25, 0.3) is 0 Å². The molecule has 86 valence electrons. The molecule has 0 radical (unpaired) electrons. The predicted molar refractivity (Wildman–Crippen MR) is 59.7 cm³/mol. The zero-order valence-electron chi connectivity index (χ0n) is 9.70. The van der Waals surface area contributed by atoms with Crippen LogP contribution in [-0.4, -0.2) is 61.0 Å². The van der Waals surface area contributed by atoms with E-state index in [0.29, 0.717) is 11.9 Å². The van der Waals surface area contributed by atoms with Crippen LogP contribution in [0.2, 0.25) is 0 Å². The standard InChI is InChI=1S/C11H21N3O/c1-9-8-13(2)6-7-14(9)11(15)10-4-3-5-12-10/h9-10,12H,3-8H2,1-2H3. The highest BCUT2D eigenvalue weighted by molar-refractivity contribution is 5.82. The normalized spacial score (nSPS) is 33.3. The van der Waals surface area contributed by atoms with Crippen molar-refractivity contribution in [3.05, 3.63) is 0 Å². The van der Waals surface area contributed by atoms with Crippen molar-refractivity contribution in [1.82, 2.24) is 15.1 Å². The molecule has 2 aliphatic rings. The molecule has 2 saturated heterocycles. The minimum absolute atomic E-state index is 0.0934. The topological polar surface area (TPSA) is 35.6 Å². The quantitative estimate of drug-likeness (QED) is 0.658. The highest BCUT2D eigenvalue weighted by atomic mass is 16.2. The van der Waals surface area contributed by atoms with Crippen LogP contribution in [-0.2, 0) is 4.79 Å². The molecule has 0 aromatic carbocycles. The molecular weight excluding hydrogens is 190 g/mol. The van der Waals surface area contributed by atoms with E-state index in [0.717, 1.165) is 39.0 Å². The minimum atomic E-state index is 0.0934. The van der Waals surface area contributed by atoms with Crippen molar-refractivity contribution < 1.29 is 4.79 Å². The number of carbonyl (C=O) groups excluding carboxylic acids is 1. The molecule has 2 heterocycles. The molecule has 0 aromatic heterocycles. The smallest absolute Gasteiger partial charge is 0.240 e. The predicted octanol–water partition coefficient (Wildman–Crippen LogP) is -0.0991. The fraction of sp³-hybridized carbons (Fsp3) is 0.909. The average Bonchev–Trinajstić information content (AvgIpc) is 2.69. The molecule has 2 fully saturated rings. The molecule has 0 aliphatic carbocycles. The lowest BCUT2D eigenvalue weighted by Gasteiger charge is -2.39. The largest absolute Gasteiger partial charge is 0.336 e. The molecule has 4 nitrogen and oxygen atoms in total. The minimum Gasteiger partial charge on any atom is -0.336 e. The lowest BCUT2D eigenvalue weighted by atomic mass is 10.1.